The Hall–Kier alpha value is -0.0400. The molecule has 23 heavy (non-hydrogen) atoms. The molecule has 0 unspecified atom stereocenters. The van der Waals surface area contributed by atoms with Crippen molar-refractivity contribution in [3.8, 4) is 0 Å². The molecule has 1 rings (SSSR count). The number of rotatable bonds is 14. The fraction of sp³-hybridized carbons (Fsp3) is 1.00. The van der Waals surface area contributed by atoms with E-state index in [2.05, 4.69) is 27.7 Å². The van der Waals surface area contributed by atoms with Crippen molar-refractivity contribution < 1.29 is 4.48 Å². The number of quaternary nitrogens is 1. The lowest BCUT2D eigenvalue weighted by molar-refractivity contribution is -0.937. The molecule has 1 aliphatic heterocycles. The van der Waals surface area contributed by atoms with E-state index in [1.54, 1.807) is 0 Å². The van der Waals surface area contributed by atoms with E-state index in [1.807, 2.05) is 0 Å². The Morgan fingerprint density at radius 2 is 1.04 bits per heavy atom. The van der Waals surface area contributed by atoms with Crippen LogP contribution in [0.15, 0.2) is 0 Å². The average molecular weight is 325 g/mol. The van der Waals surface area contributed by atoms with Crippen LogP contribution in [0, 0.1) is 5.92 Å². The number of unbranched alkanes of at least 4 members (excludes halogenated alkanes) is 9. The van der Waals surface area contributed by atoms with Crippen LogP contribution in [0.1, 0.15) is 111 Å². The molecule has 0 saturated carbocycles. The van der Waals surface area contributed by atoms with Gasteiger partial charge in [0.2, 0.25) is 0 Å². The molecule has 0 amide bonds. The summed E-state index contributed by atoms with van der Waals surface area (Å²) in [4.78, 5) is 0. The Kier molecular flexibility index (Phi) is 11.3. The third kappa shape index (κ3) is 9.13. The van der Waals surface area contributed by atoms with Crippen LogP contribution >= 0.6 is 0 Å². The van der Waals surface area contributed by atoms with E-state index < -0.39 is 0 Å². The van der Waals surface area contributed by atoms with Gasteiger partial charge in [0.25, 0.3) is 0 Å². The smallest absolute Gasteiger partial charge is 0.0833 e. The van der Waals surface area contributed by atoms with Crippen LogP contribution in [0.5, 0.6) is 0 Å². The summed E-state index contributed by atoms with van der Waals surface area (Å²) in [5.41, 5.74) is 0. The van der Waals surface area contributed by atoms with E-state index in [1.165, 1.54) is 108 Å². The molecule has 0 radical (unpaired) electrons. The van der Waals surface area contributed by atoms with E-state index in [0.29, 0.717) is 0 Å². The molecule has 1 heteroatoms. The Bertz CT molecular complexity index is 263. The molecule has 0 aromatic heterocycles. The molecular formula is C22H46N+. The Balaban J connectivity index is 1.86. The summed E-state index contributed by atoms with van der Waals surface area (Å²) in [7, 11) is 0. The van der Waals surface area contributed by atoms with Gasteiger partial charge in [0, 0.05) is 12.8 Å². The van der Waals surface area contributed by atoms with E-state index >= 15 is 0 Å². The minimum absolute atomic E-state index is 0.841. The summed E-state index contributed by atoms with van der Waals surface area (Å²) in [5, 5.41) is 0. The van der Waals surface area contributed by atoms with Gasteiger partial charge in [0.1, 0.15) is 0 Å². The minimum atomic E-state index is 0.841. The molecule has 1 heterocycles. The van der Waals surface area contributed by atoms with Crippen molar-refractivity contribution in [1.29, 1.82) is 0 Å². The standard InChI is InChI=1S/C22H46N/c1-21(2)17-13-11-9-7-5-6-8-10-12-14-18-23(22(3)4)19-15-16-20-23/h21-22H,5-20H2,1-4H3/q+1. The average Bonchev–Trinajstić information content (AvgIpc) is 2.98. The third-order valence-corrected chi connectivity index (χ3v) is 6.19. The van der Waals surface area contributed by atoms with Gasteiger partial charge in [-0.1, -0.05) is 71.6 Å². The van der Waals surface area contributed by atoms with E-state index in [4.69, 9.17) is 0 Å². The molecule has 0 atom stereocenters. The van der Waals surface area contributed by atoms with Crippen LogP contribution in [0.3, 0.4) is 0 Å². The van der Waals surface area contributed by atoms with E-state index in [9.17, 15) is 0 Å². The predicted octanol–water partition coefficient (Wildman–Crippen LogP) is 6.95. The maximum absolute atomic E-state index is 2.44. The summed E-state index contributed by atoms with van der Waals surface area (Å²) in [6, 6.07) is 0.841. The Labute approximate surface area is 147 Å². The first kappa shape index (κ1) is 21.0. The first-order valence-corrected chi connectivity index (χ1v) is 10.9. The van der Waals surface area contributed by atoms with E-state index in [0.717, 1.165) is 12.0 Å². The Morgan fingerprint density at radius 3 is 1.48 bits per heavy atom. The molecular weight excluding hydrogens is 278 g/mol. The van der Waals surface area contributed by atoms with Gasteiger partial charge in [-0.15, -0.1) is 0 Å². The first-order chi connectivity index (χ1) is 11.1. The maximum atomic E-state index is 2.44. The quantitative estimate of drug-likeness (QED) is 0.239. The van der Waals surface area contributed by atoms with Gasteiger partial charge in [-0.25, -0.2) is 0 Å². The fourth-order valence-corrected chi connectivity index (χ4v) is 4.36. The second-order valence-corrected chi connectivity index (χ2v) is 8.91. The lowest BCUT2D eigenvalue weighted by Crippen LogP contribution is -2.51. The molecule has 1 saturated heterocycles. The van der Waals surface area contributed by atoms with Crippen LogP contribution < -0.4 is 0 Å². The van der Waals surface area contributed by atoms with Crippen molar-refractivity contribution in [2.24, 2.45) is 5.92 Å². The highest BCUT2D eigenvalue weighted by atomic mass is 15.4. The topological polar surface area (TPSA) is 0 Å². The summed E-state index contributed by atoms with van der Waals surface area (Å²) in [6.45, 7) is 13.9. The summed E-state index contributed by atoms with van der Waals surface area (Å²) in [6.07, 6.45) is 19.1. The molecule has 0 N–H and O–H groups in total. The zero-order valence-corrected chi connectivity index (χ0v) is 16.9. The van der Waals surface area contributed by atoms with Crippen molar-refractivity contribution in [2.75, 3.05) is 19.6 Å². The van der Waals surface area contributed by atoms with Gasteiger partial charge in [-0.05, 0) is 32.6 Å². The molecule has 0 spiro atoms. The first-order valence-electron chi connectivity index (χ1n) is 10.9. The highest BCUT2D eigenvalue weighted by Crippen LogP contribution is 2.25. The van der Waals surface area contributed by atoms with Crippen molar-refractivity contribution in [3.63, 3.8) is 0 Å². The predicted molar refractivity (Wildman–Crippen MR) is 105 cm³/mol. The van der Waals surface area contributed by atoms with Gasteiger partial charge in [0.15, 0.2) is 0 Å². The van der Waals surface area contributed by atoms with Gasteiger partial charge in [0.05, 0.1) is 25.7 Å². The van der Waals surface area contributed by atoms with Crippen molar-refractivity contribution >= 4 is 0 Å². The second kappa shape index (κ2) is 12.3. The number of hydrogen-bond donors (Lipinski definition) is 0. The van der Waals surface area contributed by atoms with Crippen LogP contribution in [0.2, 0.25) is 0 Å². The number of likely N-dealkylation sites (tertiary alicyclic amines) is 1. The summed E-state index contributed by atoms with van der Waals surface area (Å²) in [5.74, 6) is 0.896. The molecule has 138 valence electrons. The van der Waals surface area contributed by atoms with Gasteiger partial charge in [-0.2, -0.15) is 0 Å². The number of nitrogens with zero attached hydrogens (tertiary/aromatic N) is 1. The lowest BCUT2D eigenvalue weighted by Gasteiger charge is -2.38. The third-order valence-electron chi connectivity index (χ3n) is 6.19. The van der Waals surface area contributed by atoms with Crippen LogP contribution in [0.25, 0.3) is 0 Å². The molecule has 1 fully saturated rings. The Morgan fingerprint density at radius 1 is 0.609 bits per heavy atom. The van der Waals surface area contributed by atoms with Crippen molar-refractivity contribution in [1.82, 2.24) is 0 Å². The SMILES string of the molecule is CC(C)CCCCCCCCCCCC[N+]1(C(C)C)CCCC1. The van der Waals surface area contributed by atoms with Gasteiger partial charge >= 0.3 is 0 Å². The van der Waals surface area contributed by atoms with Crippen molar-refractivity contribution in [3.05, 3.63) is 0 Å². The van der Waals surface area contributed by atoms with E-state index in [-0.39, 0.29) is 0 Å². The molecule has 1 nitrogen and oxygen atoms in total. The van der Waals surface area contributed by atoms with Crippen molar-refractivity contribution in [2.45, 2.75) is 117 Å². The molecule has 0 aromatic carbocycles. The van der Waals surface area contributed by atoms with Crippen LogP contribution in [-0.4, -0.2) is 30.2 Å². The summed E-state index contributed by atoms with van der Waals surface area (Å²) < 4.78 is 1.43. The minimum Gasteiger partial charge on any atom is -0.322 e. The molecule has 1 aliphatic rings. The molecule has 0 aromatic rings. The highest BCUT2D eigenvalue weighted by molar-refractivity contribution is 4.59. The lowest BCUT2D eigenvalue weighted by atomic mass is 10.0. The highest BCUT2D eigenvalue weighted by Gasteiger charge is 2.33. The van der Waals surface area contributed by atoms with Gasteiger partial charge in [-0.3, -0.25) is 0 Å². The number of hydrogen-bond acceptors (Lipinski definition) is 0. The normalized spacial score (nSPS) is 17.5. The van der Waals surface area contributed by atoms with Crippen LogP contribution in [-0.2, 0) is 0 Å². The maximum Gasteiger partial charge on any atom is 0.0833 e. The molecule has 0 aliphatic carbocycles. The summed E-state index contributed by atoms with van der Waals surface area (Å²) >= 11 is 0. The molecule has 0 bridgehead atoms. The zero-order valence-electron chi connectivity index (χ0n) is 16.9. The van der Waals surface area contributed by atoms with Crippen LogP contribution in [0.4, 0.5) is 0 Å². The monoisotopic (exact) mass is 324 g/mol. The fourth-order valence-electron chi connectivity index (χ4n) is 4.36. The largest absolute Gasteiger partial charge is 0.322 e. The second-order valence-electron chi connectivity index (χ2n) is 8.91. The zero-order chi connectivity index (χ0) is 17.0. The van der Waals surface area contributed by atoms with Gasteiger partial charge < -0.3 is 4.48 Å².